The number of hydrogen-bond donors (Lipinski definition) is 0. The molecule has 0 saturated carbocycles. The first-order valence-corrected chi connectivity index (χ1v) is 14.5. The van der Waals surface area contributed by atoms with Crippen molar-refractivity contribution in [2.24, 2.45) is 5.92 Å². The quantitative estimate of drug-likeness (QED) is 0.327. The van der Waals surface area contributed by atoms with Crippen molar-refractivity contribution in [2.75, 3.05) is 0 Å². The van der Waals surface area contributed by atoms with Crippen LogP contribution in [0.1, 0.15) is 112 Å². The van der Waals surface area contributed by atoms with E-state index in [1.54, 1.807) is 0 Å². The van der Waals surface area contributed by atoms with Crippen molar-refractivity contribution in [2.45, 2.75) is 99.3 Å². The maximum absolute atomic E-state index is 2.45. The first kappa shape index (κ1) is 26.7. The number of aryl methyl sites for hydroxylation is 3. The van der Waals surface area contributed by atoms with E-state index in [0.29, 0.717) is 5.92 Å². The van der Waals surface area contributed by atoms with E-state index in [0.717, 1.165) is 0 Å². The van der Waals surface area contributed by atoms with E-state index in [-0.39, 0.29) is 16.2 Å². The lowest BCUT2D eigenvalue weighted by atomic mass is 9.62. The van der Waals surface area contributed by atoms with Crippen LogP contribution in [0.5, 0.6) is 0 Å². The van der Waals surface area contributed by atoms with Crippen LogP contribution in [0.2, 0.25) is 0 Å². The van der Waals surface area contributed by atoms with E-state index in [9.17, 15) is 0 Å². The SMILES string of the molecule is C/C=C\C1=C(C(C)C)c2ccccc2C12c1c(ccc(C)c1C(C)(C)C)-c1c(C)cc(C)c(C(C)(C)C)c12. The molecule has 2 aliphatic rings. The largest absolute Gasteiger partial charge is 0.0873 e. The maximum atomic E-state index is 2.45. The molecule has 0 saturated heterocycles. The lowest BCUT2D eigenvalue weighted by Crippen LogP contribution is -2.34. The Hall–Kier alpha value is -2.86. The van der Waals surface area contributed by atoms with Crippen LogP contribution < -0.4 is 0 Å². The molecule has 0 radical (unpaired) electrons. The van der Waals surface area contributed by atoms with Gasteiger partial charge in [-0.15, -0.1) is 0 Å². The first-order valence-electron chi connectivity index (χ1n) is 14.5. The molecule has 1 atom stereocenters. The summed E-state index contributed by atoms with van der Waals surface area (Å²) in [4.78, 5) is 0. The number of fused-ring (bicyclic) bond motifs is 7. The Morgan fingerprint density at radius 1 is 0.711 bits per heavy atom. The topological polar surface area (TPSA) is 0 Å². The van der Waals surface area contributed by atoms with Crippen LogP contribution in [0.25, 0.3) is 16.7 Å². The molecule has 0 N–H and O–H groups in total. The van der Waals surface area contributed by atoms with Crippen molar-refractivity contribution in [3.63, 3.8) is 0 Å². The maximum Gasteiger partial charge on any atom is 0.0728 e. The minimum absolute atomic E-state index is 0.00438. The van der Waals surface area contributed by atoms with E-state index in [4.69, 9.17) is 0 Å². The van der Waals surface area contributed by atoms with Crippen molar-refractivity contribution in [3.05, 3.63) is 110 Å². The van der Waals surface area contributed by atoms with Crippen LogP contribution in [-0.4, -0.2) is 0 Å². The monoisotopic (exact) mass is 502 g/mol. The molecule has 0 amide bonds. The summed E-state index contributed by atoms with van der Waals surface area (Å²) in [7, 11) is 0. The number of rotatable bonds is 2. The molecule has 0 heteroatoms. The molecule has 3 aromatic rings. The van der Waals surface area contributed by atoms with Crippen molar-refractivity contribution < 1.29 is 0 Å². The first-order chi connectivity index (χ1) is 17.7. The van der Waals surface area contributed by atoms with E-state index in [1.165, 1.54) is 72.3 Å². The van der Waals surface area contributed by atoms with Gasteiger partial charge in [0.1, 0.15) is 0 Å². The molecule has 2 aliphatic carbocycles. The smallest absolute Gasteiger partial charge is 0.0728 e. The average Bonchev–Trinajstić information content (AvgIpc) is 3.24. The van der Waals surface area contributed by atoms with Gasteiger partial charge in [0.05, 0.1) is 5.41 Å². The van der Waals surface area contributed by atoms with Crippen molar-refractivity contribution in [3.8, 4) is 11.1 Å². The Morgan fingerprint density at radius 3 is 1.89 bits per heavy atom. The summed E-state index contributed by atoms with van der Waals surface area (Å²) in [5, 5.41) is 0. The summed E-state index contributed by atoms with van der Waals surface area (Å²) in [5.41, 5.74) is 18.7. The van der Waals surface area contributed by atoms with Gasteiger partial charge in [0.25, 0.3) is 0 Å². The second kappa shape index (κ2) is 8.57. The molecule has 0 heterocycles. The molecular weight excluding hydrogens is 456 g/mol. The number of benzene rings is 3. The molecule has 5 rings (SSSR count). The Labute approximate surface area is 231 Å². The van der Waals surface area contributed by atoms with E-state index in [1.807, 2.05) is 0 Å². The molecule has 3 aromatic carbocycles. The highest BCUT2D eigenvalue weighted by atomic mass is 14.6. The van der Waals surface area contributed by atoms with Crippen LogP contribution >= 0.6 is 0 Å². The van der Waals surface area contributed by atoms with Crippen molar-refractivity contribution >= 4 is 5.57 Å². The van der Waals surface area contributed by atoms with E-state index < -0.39 is 0 Å². The van der Waals surface area contributed by atoms with Crippen LogP contribution in [0.3, 0.4) is 0 Å². The minimum atomic E-state index is -0.332. The Kier molecular flexibility index (Phi) is 6.03. The summed E-state index contributed by atoms with van der Waals surface area (Å²) in [6.45, 7) is 28.3. The Bertz CT molecular complexity index is 1520. The Morgan fingerprint density at radius 2 is 1.32 bits per heavy atom. The molecule has 198 valence electrons. The zero-order valence-corrected chi connectivity index (χ0v) is 25.8. The van der Waals surface area contributed by atoms with Crippen LogP contribution in [0, 0.1) is 26.7 Å². The number of allylic oxidation sites excluding steroid dienone is 4. The van der Waals surface area contributed by atoms with Gasteiger partial charge in [0.15, 0.2) is 0 Å². The van der Waals surface area contributed by atoms with Crippen molar-refractivity contribution in [1.29, 1.82) is 0 Å². The van der Waals surface area contributed by atoms with Gasteiger partial charge in [-0.25, -0.2) is 0 Å². The van der Waals surface area contributed by atoms with Crippen LogP contribution in [0.4, 0.5) is 0 Å². The summed E-state index contributed by atoms with van der Waals surface area (Å²) < 4.78 is 0. The normalized spacial score (nSPS) is 18.7. The average molecular weight is 503 g/mol. The van der Waals surface area contributed by atoms with E-state index in [2.05, 4.69) is 138 Å². The third-order valence-corrected chi connectivity index (χ3v) is 8.88. The van der Waals surface area contributed by atoms with Gasteiger partial charge in [-0.3, -0.25) is 0 Å². The lowest BCUT2D eigenvalue weighted by Gasteiger charge is -2.40. The molecule has 1 unspecified atom stereocenters. The highest BCUT2D eigenvalue weighted by molar-refractivity contribution is 5.98. The molecule has 1 spiro atoms. The molecule has 0 fully saturated rings. The van der Waals surface area contributed by atoms with Gasteiger partial charge in [0, 0.05) is 0 Å². The molecule has 0 aliphatic heterocycles. The third-order valence-electron chi connectivity index (χ3n) is 8.88. The number of hydrogen-bond acceptors (Lipinski definition) is 0. The molecule has 0 nitrogen and oxygen atoms in total. The van der Waals surface area contributed by atoms with Crippen molar-refractivity contribution in [1.82, 2.24) is 0 Å². The minimum Gasteiger partial charge on any atom is -0.0873 e. The summed E-state index contributed by atoms with van der Waals surface area (Å²) in [6, 6.07) is 16.6. The molecule has 38 heavy (non-hydrogen) atoms. The van der Waals surface area contributed by atoms with Gasteiger partial charge in [0.2, 0.25) is 0 Å². The molecule has 0 bridgehead atoms. The van der Waals surface area contributed by atoms with E-state index >= 15 is 0 Å². The predicted octanol–water partition coefficient (Wildman–Crippen LogP) is 10.5. The zero-order chi connectivity index (χ0) is 27.9. The van der Waals surface area contributed by atoms with Gasteiger partial charge in [-0.1, -0.05) is 110 Å². The second-order valence-corrected chi connectivity index (χ2v) is 14.1. The fraction of sp³-hybridized carbons (Fsp3) is 0.421. The molecule has 0 aromatic heterocycles. The van der Waals surface area contributed by atoms with Crippen LogP contribution in [0.15, 0.2) is 60.2 Å². The summed E-state index contributed by atoms with van der Waals surface area (Å²) in [6.07, 6.45) is 4.72. The summed E-state index contributed by atoms with van der Waals surface area (Å²) >= 11 is 0. The highest BCUT2D eigenvalue weighted by Crippen LogP contribution is 2.67. The molecular formula is C38H46. The standard InChI is InChI=1S/C38H46/c1-13-16-29-30(22(2)3)26-17-14-15-18-28(26)38(29)34-27(20-19-23(4)32(34)36(7,8)9)31-24(5)21-25(6)33(35(31)38)37(10,11)12/h13-22H,1-12H3/b16-13-. The summed E-state index contributed by atoms with van der Waals surface area (Å²) in [5.74, 6) is 0.418. The predicted molar refractivity (Wildman–Crippen MR) is 166 cm³/mol. The zero-order valence-electron chi connectivity index (χ0n) is 25.8. The lowest BCUT2D eigenvalue weighted by molar-refractivity contribution is 0.554. The van der Waals surface area contributed by atoms with Gasteiger partial charge >= 0.3 is 0 Å². The Balaban J connectivity index is 2.20. The van der Waals surface area contributed by atoms with Gasteiger partial charge < -0.3 is 0 Å². The van der Waals surface area contributed by atoms with Gasteiger partial charge in [-0.2, -0.15) is 0 Å². The second-order valence-electron chi connectivity index (χ2n) is 14.1. The third kappa shape index (κ3) is 3.41. The highest BCUT2D eigenvalue weighted by Gasteiger charge is 2.56. The van der Waals surface area contributed by atoms with Crippen LogP contribution in [-0.2, 0) is 16.2 Å². The fourth-order valence-electron chi connectivity index (χ4n) is 8.15. The fourth-order valence-corrected chi connectivity index (χ4v) is 8.15. The van der Waals surface area contributed by atoms with Gasteiger partial charge in [-0.05, 0) is 117 Å².